The highest BCUT2D eigenvalue weighted by Crippen LogP contribution is 2.31. The van der Waals surface area contributed by atoms with Gasteiger partial charge in [-0.05, 0) is 53.3 Å². The van der Waals surface area contributed by atoms with E-state index in [1.807, 2.05) is 12.1 Å². The number of nitrogens with one attached hydrogen (secondary N) is 2. The number of hydrogen-bond acceptors (Lipinski definition) is 1. The number of fused-ring (bicyclic) bond motifs is 1. The van der Waals surface area contributed by atoms with Crippen LogP contribution in [0.5, 0.6) is 0 Å². The molecule has 0 aliphatic rings. The third kappa shape index (κ3) is 2.31. The van der Waals surface area contributed by atoms with Gasteiger partial charge in [-0.25, -0.2) is 0 Å². The van der Waals surface area contributed by atoms with Crippen molar-refractivity contribution in [1.82, 2.24) is 4.98 Å². The Morgan fingerprint density at radius 2 is 1.90 bits per heavy atom. The summed E-state index contributed by atoms with van der Waals surface area (Å²) < 4.78 is 1.16. The lowest BCUT2D eigenvalue weighted by atomic mass is 10.1. The van der Waals surface area contributed by atoms with E-state index in [0.29, 0.717) is 6.41 Å². The molecule has 0 unspecified atom stereocenters. The smallest absolute Gasteiger partial charge is 0.211 e. The standard InChI is InChI=1S/C16H13IN2O/c1-10-2-4-11(5-3-10)15-8-12-13(17)6-7-14(18-9-20)16(12)19-15/h2-9,19H,1H3,(H,18,20). The Labute approximate surface area is 130 Å². The number of aryl methyl sites for hydroxylation is 1. The highest BCUT2D eigenvalue weighted by atomic mass is 127. The Morgan fingerprint density at radius 3 is 2.60 bits per heavy atom. The molecule has 1 aromatic heterocycles. The number of rotatable bonds is 3. The minimum Gasteiger partial charge on any atom is -0.353 e. The third-order valence-corrected chi connectivity index (χ3v) is 4.26. The quantitative estimate of drug-likeness (QED) is 0.519. The van der Waals surface area contributed by atoms with Crippen LogP contribution in [0.3, 0.4) is 0 Å². The Hall–Kier alpha value is -1.82. The van der Waals surface area contributed by atoms with Crippen LogP contribution >= 0.6 is 22.6 Å². The summed E-state index contributed by atoms with van der Waals surface area (Å²) in [5.74, 6) is 0. The summed E-state index contributed by atoms with van der Waals surface area (Å²) in [5, 5.41) is 3.86. The molecule has 2 N–H and O–H groups in total. The molecule has 2 aromatic carbocycles. The van der Waals surface area contributed by atoms with Gasteiger partial charge in [0.2, 0.25) is 6.41 Å². The first-order valence-electron chi connectivity index (χ1n) is 6.27. The van der Waals surface area contributed by atoms with Crippen molar-refractivity contribution in [3.8, 4) is 11.3 Å². The molecule has 0 bridgehead atoms. The summed E-state index contributed by atoms with van der Waals surface area (Å²) in [5.41, 5.74) is 5.19. The van der Waals surface area contributed by atoms with Crippen LogP contribution in [0, 0.1) is 10.5 Å². The second-order valence-corrected chi connectivity index (χ2v) is 5.86. The monoisotopic (exact) mass is 376 g/mol. The molecule has 0 aliphatic heterocycles. The fourth-order valence-electron chi connectivity index (χ4n) is 2.26. The second kappa shape index (κ2) is 5.28. The average Bonchev–Trinajstić information content (AvgIpc) is 2.89. The van der Waals surface area contributed by atoms with Gasteiger partial charge in [0.1, 0.15) is 0 Å². The molecule has 0 atom stereocenters. The molecular weight excluding hydrogens is 363 g/mol. The summed E-state index contributed by atoms with van der Waals surface area (Å²) >= 11 is 2.31. The Balaban J connectivity index is 2.18. The number of carbonyl (C=O) groups excluding carboxylic acids is 1. The number of anilines is 1. The molecule has 0 spiro atoms. The minimum absolute atomic E-state index is 0.702. The lowest BCUT2D eigenvalue weighted by Gasteiger charge is -2.02. The van der Waals surface area contributed by atoms with Crippen molar-refractivity contribution in [1.29, 1.82) is 0 Å². The van der Waals surface area contributed by atoms with Crippen LogP contribution in [-0.2, 0) is 4.79 Å². The molecule has 0 saturated heterocycles. The van der Waals surface area contributed by atoms with Crippen molar-refractivity contribution in [2.24, 2.45) is 0 Å². The van der Waals surface area contributed by atoms with E-state index in [0.717, 1.165) is 31.4 Å². The van der Waals surface area contributed by atoms with E-state index in [1.54, 1.807) is 0 Å². The van der Waals surface area contributed by atoms with Gasteiger partial charge in [-0.2, -0.15) is 0 Å². The number of amides is 1. The van der Waals surface area contributed by atoms with Crippen LogP contribution in [0.4, 0.5) is 5.69 Å². The van der Waals surface area contributed by atoms with Crippen molar-refractivity contribution in [2.45, 2.75) is 6.92 Å². The molecular formula is C16H13IN2O. The average molecular weight is 376 g/mol. The van der Waals surface area contributed by atoms with Crippen molar-refractivity contribution in [3.05, 3.63) is 51.6 Å². The van der Waals surface area contributed by atoms with Gasteiger partial charge in [0.25, 0.3) is 0 Å². The fraction of sp³-hybridized carbons (Fsp3) is 0.0625. The molecule has 3 nitrogen and oxygen atoms in total. The van der Waals surface area contributed by atoms with E-state index >= 15 is 0 Å². The number of benzene rings is 2. The molecule has 4 heteroatoms. The first-order chi connectivity index (χ1) is 9.69. The Bertz CT molecular complexity index is 775. The number of aromatic amines is 1. The van der Waals surface area contributed by atoms with Gasteiger partial charge in [-0.3, -0.25) is 4.79 Å². The molecule has 0 fully saturated rings. The van der Waals surface area contributed by atoms with Crippen LogP contribution in [0.2, 0.25) is 0 Å². The van der Waals surface area contributed by atoms with Crippen molar-refractivity contribution >= 4 is 45.6 Å². The van der Waals surface area contributed by atoms with Gasteiger partial charge in [-0.1, -0.05) is 29.8 Å². The van der Waals surface area contributed by atoms with E-state index in [4.69, 9.17) is 0 Å². The molecule has 1 amide bonds. The van der Waals surface area contributed by atoms with Crippen molar-refractivity contribution in [2.75, 3.05) is 5.32 Å². The summed E-state index contributed by atoms with van der Waals surface area (Å²) in [6, 6.07) is 14.4. The summed E-state index contributed by atoms with van der Waals surface area (Å²) in [6.07, 6.45) is 0.702. The van der Waals surface area contributed by atoms with Crippen LogP contribution in [-0.4, -0.2) is 11.4 Å². The van der Waals surface area contributed by atoms with Crippen LogP contribution in [0.25, 0.3) is 22.2 Å². The van der Waals surface area contributed by atoms with Crippen LogP contribution < -0.4 is 5.32 Å². The molecule has 1 heterocycles. The number of hydrogen-bond donors (Lipinski definition) is 2. The van der Waals surface area contributed by atoms with E-state index < -0.39 is 0 Å². The van der Waals surface area contributed by atoms with E-state index in [2.05, 4.69) is 70.1 Å². The highest BCUT2D eigenvalue weighted by molar-refractivity contribution is 14.1. The van der Waals surface area contributed by atoms with Gasteiger partial charge < -0.3 is 10.3 Å². The number of aromatic nitrogens is 1. The molecule has 0 aliphatic carbocycles. The third-order valence-electron chi connectivity index (χ3n) is 3.32. The molecule has 100 valence electrons. The maximum atomic E-state index is 10.7. The molecule has 0 saturated carbocycles. The normalized spacial score (nSPS) is 10.7. The lowest BCUT2D eigenvalue weighted by Crippen LogP contribution is -1.94. The number of halogens is 1. The van der Waals surface area contributed by atoms with Crippen molar-refractivity contribution in [3.63, 3.8) is 0 Å². The zero-order chi connectivity index (χ0) is 14.1. The highest BCUT2D eigenvalue weighted by Gasteiger charge is 2.09. The number of H-pyrrole nitrogens is 1. The van der Waals surface area contributed by atoms with Gasteiger partial charge in [0, 0.05) is 14.7 Å². The predicted molar refractivity (Wildman–Crippen MR) is 90.9 cm³/mol. The SMILES string of the molecule is Cc1ccc(-c2cc3c(I)ccc(NC=O)c3[nH]2)cc1. The molecule has 0 radical (unpaired) electrons. The van der Waals surface area contributed by atoms with E-state index in [-0.39, 0.29) is 0 Å². The first-order valence-corrected chi connectivity index (χ1v) is 7.35. The molecule has 3 aromatic rings. The second-order valence-electron chi connectivity index (χ2n) is 4.69. The number of carbonyl (C=O) groups is 1. The minimum atomic E-state index is 0.702. The molecule has 3 rings (SSSR count). The largest absolute Gasteiger partial charge is 0.353 e. The first kappa shape index (κ1) is 13.2. The maximum absolute atomic E-state index is 10.7. The van der Waals surface area contributed by atoms with Gasteiger partial charge >= 0.3 is 0 Å². The van der Waals surface area contributed by atoms with Gasteiger partial charge in [-0.15, -0.1) is 0 Å². The van der Waals surface area contributed by atoms with Crippen LogP contribution in [0.15, 0.2) is 42.5 Å². The summed E-state index contributed by atoms with van der Waals surface area (Å²) in [4.78, 5) is 14.1. The maximum Gasteiger partial charge on any atom is 0.211 e. The summed E-state index contributed by atoms with van der Waals surface area (Å²) in [6.45, 7) is 2.07. The van der Waals surface area contributed by atoms with E-state index in [1.165, 1.54) is 5.56 Å². The van der Waals surface area contributed by atoms with Crippen LogP contribution in [0.1, 0.15) is 5.56 Å². The van der Waals surface area contributed by atoms with Gasteiger partial charge in [0.05, 0.1) is 11.2 Å². The Kier molecular flexibility index (Phi) is 3.48. The van der Waals surface area contributed by atoms with E-state index in [9.17, 15) is 4.79 Å². The summed E-state index contributed by atoms with van der Waals surface area (Å²) in [7, 11) is 0. The Morgan fingerprint density at radius 1 is 1.15 bits per heavy atom. The molecule has 20 heavy (non-hydrogen) atoms. The topological polar surface area (TPSA) is 44.9 Å². The zero-order valence-corrected chi connectivity index (χ0v) is 13.1. The lowest BCUT2D eigenvalue weighted by molar-refractivity contribution is -0.105. The fourth-order valence-corrected chi connectivity index (χ4v) is 2.86. The van der Waals surface area contributed by atoms with Gasteiger partial charge in [0.15, 0.2) is 0 Å². The van der Waals surface area contributed by atoms with Crippen molar-refractivity contribution < 1.29 is 4.79 Å². The zero-order valence-electron chi connectivity index (χ0n) is 10.9. The predicted octanol–water partition coefficient (Wildman–Crippen LogP) is 4.32.